The minimum atomic E-state index is -3.51. The van der Waals surface area contributed by atoms with Gasteiger partial charge in [-0.3, -0.25) is 0 Å². The highest BCUT2D eigenvalue weighted by molar-refractivity contribution is 7.92. The minimum Gasteiger partial charge on any atom is -0.395 e. The quantitative estimate of drug-likeness (QED) is 0.848. The second-order valence-corrected chi connectivity index (χ2v) is 6.62. The molecule has 0 unspecified atom stereocenters. The van der Waals surface area contributed by atoms with E-state index in [0.29, 0.717) is 10.6 Å². The Morgan fingerprint density at radius 3 is 2.53 bits per heavy atom. The van der Waals surface area contributed by atoms with Gasteiger partial charge in [0.15, 0.2) is 9.84 Å². The molecule has 0 aliphatic rings. The Labute approximate surface area is 106 Å². The van der Waals surface area contributed by atoms with Gasteiger partial charge in [-0.05, 0) is 17.7 Å². The summed E-state index contributed by atoms with van der Waals surface area (Å²) in [5.74, 6) is -0.129. The summed E-state index contributed by atoms with van der Waals surface area (Å²) in [6.07, 6.45) is -1.27. The van der Waals surface area contributed by atoms with Crippen molar-refractivity contribution in [1.82, 2.24) is 0 Å². The second kappa shape index (κ2) is 5.82. The summed E-state index contributed by atoms with van der Waals surface area (Å²) in [6.45, 7) is 0.854. The lowest BCUT2D eigenvalue weighted by atomic mass is 10.1. The van der Waals surface area contributed by atoms with E-state index in [1.807, 2.05) is 0 Å². The summed E-state index contributed by atoms with van der Waals surface area (Å²) in [6, 6.07) is 6.30. The minimum absolute atomic E-state index is 0.129. The zero-order valence-electron chi connectivity index (χ0n) is 9.38. The average molecular weight is 279 g/mol. The van der Waals surface area contributed by atoms with E-state index >= 15 is 0 Å². The lowest BCUT2D eigenvalue weighted by Crippen LogP contribution is -2.33. The van der Waals surface area contributed by atoms with Crippen LogP contribution in [0.5, 0.6) is 0 Å². The molecule has 2 atom stereocenters. The predicted octanol–water partition coefficient (Wildman–Crippen LogP) is 1.17. The number of halogens is 1. The average Bonchev–Trinajstić information content (AvgIpc) is 2.29. The molecular formula is C11H15ClO4S. The van der Waals surface area contributed by atoms with Gasteiger partial charge in [0.1, 0.15) is 5.25 Å². The highest BCUT2D eigenvalue weighted by Crippen LogP contribution is 2.24. The third-order valence-electron chi connectivity index (χ3n) is 2.59. The topological polar surface area (TPSA) is 74.6 Å². The molecule has 0 spiro atoms. The third-order valence-corrected chi connectivity index (χ3v) is 4.96. The van der Waals surface area contributed by atoms with Crippen LogP contribution in [-0.2, 0) is 9.84 Å². The van der Waals surface area contributed by atoms with Crippen molar-refractivity contribution in [2.24, 2.45) is 0 Å². The molecule has 0 radical (unpaired) electrons. The van der Waals surface area contributed by atoms with Crippen molar-refractivity contribution in [1.29, 1.82) is 0 Å². The Balaban J connectivity index is 3.06. The molecule has 1 rings (SSSR count). The monoisotopic (exact) mass is 278 g/mol. The number of benzene rings is 1. The third kappa shape index (κ3) is 3.42. The first-order chi connectivity index (χ1) is 7.92. The van der Waals surface area contributed by atoms with E-state index in [4.69, 9.17) is 16.7 Å². The first kappa shape index (κ1) is 14.4. The van der Waals surface area contributed by atoms with Gasteiger partial charge in [0, 0.05) is 10.8 Å². The summed E-state index contributed by atoms with van der Waals surface area (Å²) in [4.78, 5) is 0. The Kier molecular flexibility index (Phi) is 4.94. The van der Waals surface area contributed by atoms with Crippen molar-refractivity contribution in [3.05, 3.63) is 34.9 Å². The zero-order valence-corrected chi connectivity index (χ0v) is 10.9. The van der Waals surface area contributed by atoms with Crippen molar-refractivity contribution in [3.8, 4) is 0 Å². The SMILES string of the molecule is CCS(=O)(=O)[C@@H](CO)[C@@H](O)c1cccc(Cl)c1. The van der Waals surface area contributed by atoms with Crippen molar-refractivity contribution >= 4 is 21.4 Å². The normalized spacial score (nSPS) is 15.5. The van der Waals surface area contributed by atoms with Gasteiger partial charge in [-0.15, -0.1) is 0 Å². The molecule has 0 aromatic heterocycles. The van der Waals surface area contributed by atoms with E-state index in [-0.39, 0.29) is 5.75 Å². The van der Waals surface area contributed by atoms with Gasteiger partial charge in [-0.25, -0.2) is 8.42 Å². The first-order valence-electron chi connectivity index (χ1n) is 5.18. The molecule has 1 aromatic rings. The van der Waals surface area contributed by atoms with Crippen LogP contribution < -0.4 is 0 Å². The molecule has 4 nitrogen and oxygen atoms in total. The molecule has 0 aliphatic carbocycles. The summed E-state index contributed by atoms with van der Waals surface area (Å²) in [7, 11) is -3.51. The molecule has 1 aromatic carbocycles. The molecule has 17 heavy (non-hydrogen) atoms. The molecule has 0 fully saturated rings. The highest BCUT2D eigenvalue weighted by atomic mass is 35.5. The number of rotatable bonds is 5. The summed E-state index contributed by atoms with van der Waals surface area (Å²) < 4.78 is 23.4. The summed E-state index contributed by atoms with van der Waals surface area (Å²) in [5.41, 5.74) is 0.383. The van der Waals surface area contributed by atoms with Crippen LogP contribution in [0.15, 0.2) is 24.3 Å². The number of sulfone groups is 1. The van der Waals surface area contributed by atoms with Crippen LogP contribution in [-0.4, -0.2) is 36.2 Å². The molecule has 0 bridgehead atoms. The van der Waals surface area contributed by atoms with E-state index in [0.717, 1.165) is 0 Å². The van der Waals surface area contributed by atoms with Gasteiger partial charge in [0.05, 0.1) is 12.7 Å². The van der Waals surface area contributed by atoms with Crippen molar-refractivity contribution < 1.29 is 18.6 Å². The number of aliphatic hydroxyl groups excluding tert-OH is 2. The van der Waals surface area contributed by atoms with E-state index in [2.05, 4.69) is 0 Å². The number of aliphatic hydroxyl groups is 2. The van der Waals surface area contributed by atoms with E-state index in [1.54, 1.807) is 18.2 Å². The van der Waals surface area contributed by atoms with Crippen molar-refractivity contribution in [3.63, 3.8) is 0 Å². The van der Waals surface area contributed by atoms with Gasteiger partial charge < -0.3 is 10.2 Å². The fourth-order valence-corrected chi connectivity index (χ4v) is 2.93. The molecule has 6 heteroatoms. The lowest BCUT2D eigenvalue weighted by molar-refractivity contribution is 0.138. The Bertz CT molecular complexity index is 472. The van der Waals surface area contributed by atoms with Crippen LogP contribution >= 0.6 is 11.6 Å². The Morgan fingerprint density at radius 1 is 1.41 bits per heavy atom. The lowest BCUT2D eigenvalue weighted by Gasteiger charge is -2.20. The van der Waals surface area contributed by atoms with E-state index < -0.39 is 27.8 Å². The molecule has 0 amide bonds. The van der Waals surface area contributed by atoms with Gasteiger partial charge in [0.25, 0.3) is 0 Å². The number of hydrogen-bond donors (Lipinski definition) is 2. The Morgan fingerprint density at radius 2 is 2.06 bits per heavy atom. The van der Waals surface area contributed by atoms with Gasteiger partial charge in [-0.1, -0.05) is 30.7 Å². The smallest absolute Gasteiger partial charge is 0.158 e. The van der Waals surface area contributed by atoms with Crippen molar-refractivity contribution in [2.45, 2.75) is 18.3 Å². The van der Waals surface area contributed by atoms with Gasteiger partial charge >= 0.3 is 0 Å². The van der Waals surface area contributed by atoms with Crippen LogP contribution in [0.1, 0.15) is 18.6 Å². The maximum Gasteiger partial charge on any atom is 0.158 e. The molecule has 0 heterocycles. The van der Waals surface area contributed by atoms with E-state index in [1.165, 1.54) is 13.0 Å². The van der Waals surface area contributed by atoms with Gasteiger partial charge in [0.2, 0.25) is 0 Å². The van der Waals surface area contributed by atoms with Crippen molar-refractivity contribution in [2.75, 3.05) is 12.4 Å². The molecule has 0 saturated heterocycles. The molecular weight excluding hydrogens is 264 g/mol. The number of hydrogen-bond acceptors (Lipinski definition) is 4. The standard InChI is InChI=1S/C11H15ClO4S/c1-2-17(15,16)10(7-13)11(14)8-4-3-5-9(12)6-8/h3-6,10-11,13-14H,2,7H2,1H3/t10-,11-/m0/s1. The molecule has 0 saturated carbocycles. The van der Waals surface area contributed by atoms with Gasteiger partial charge in [-0.2, -0.15) is 0 Å². The van der Waals surface area contributed by atoms with E-state index in [9.17, 15) is 13.5 Å². The first-order valence-corrected chi connectivity index (χ1v) is 7.27. The fourth-order valence-electron chi connectivity index (χ4n) is 1.53. The maximum atomic E-state index is 11.7. The van der Waals surface area contributed by atoms with Crippen LogP contribution in [0, 0.1) is 0 Å². The molecule has 2 N–H and O–H groups in total. The maximum absolute atomic E-state index is 11.7. The summed E-state index contributed by atoms with van der Waals surface area (Å²) in [5, 5.41) is 18.3. The molecule has 96 valence electrons. The summed E-state index contributed by atoms with van der Waals surface area (Å²) >= 11 is 5.76. The largest absolute Gasteiger partial charge is 0.395 e. The second-order valence-electron chi connectivity index (χ2n) is 3.67. The Hall–Kier alpha value is -0.620. The van der Waals surface area contributed by atoms with Crippen LogP contribution in [0.25, 0.3) is 0 Å². The van der Waals surface area contributed by atoms with Crippen LogP contribution in [0.3, 0.4) is 0 Å². The molecule has 0 aliphatic heterocycles. The highest BCUT2D eigenvalue weighted by Gasteiger charge is 2.31. The van der Waals surface area contributed by atoms with Crippen LogP contribution in [0.2, 0.25) is 5.02 Å². The van der Waals surface area contributed by atoms with Crippen LogP contribution in [0.4, 0.5) is 0 Å². The predicted molar refractivity (Wildman–Crippen MR) is 66.7 cm³/mol. The fraction of sp³-hybridized carbons (Fsp3) is 0.455. The zero-order chi connectivity index (χ0) is 13.1.